The molecule has 0 radical (unpaired) electrons. The van der Waals surface area contributed by atoms with Crippen molar-refractivity contribution >= 4 is 40.0 Å². The van der Waals surface area contributed by atoms with Gasteiger partial charge >= 0.3 is 5.97 Å². The number of ether oxygens (including phenoxy) is 1. The van der Waals surface area contributed by atoms with Crippen molar-refractivity contribution in [2.24, 2.45) is 0 Å². The monoisotopic (exact) mass is 403 g/mol. The van der Waals surface area contributed by atoms with Gasteiger partial charge in [-0.25, -0.2) is 4.98 Å². The predicted molar refractivity (Wildman–Crippen MR) is 101 cm³/mol. The highest BCUT2D eigenvalue weighted by Gasteiger charge is 2.20. The van der Waals surface area contributed by atoms with Crippen LogP contribution < -0.4 is 0 Å². The van der Waals surface area contributed by atoms with E-state index in [-0.39, 0.29) is 18.3 Å². The molecule has 0 spiro atoms. The summed E-state index contributed by atoms with van der Waals surface area (Å²) in [5.74, 6) is 0.327. The zero-order valence-corrected chi connectivity index (χ0v) is 16.1. The van der Waals surface area contributed by atoms with Gasteiger partial charge in [0.25, 0.3) is 11.8 Å². The van der Waals surface area contributed by atoms with Crippen LogP contribution in [0, 0.1) is 0 Å². The lowest BCUT2D eigenvalue weighted by atomic mass is 10.3. The van der Waals surface area contributed by atoms with Gasteiger partial charge in [0.15, 0.2) is 6.10 Å². The number of hydrogen-bond donors (Lipinski definition) is 0. The first-order valence-corrected chi connectivity index (χ1v) is 10.4. The Kier molecular flexibility index (Phi) is 4.91. The van der Waals surface area contributed by atoms with E-state index in [1.165, 1.54) is 22.7 Å². The van der Waals surface area contributed by atoms with Crippen LogP contribution in [0.5, 0.6) is 0 Å². The van der Waals surface area contributed by atoms with E-state index in [0.717, 1.165) is 14.8 Å². The molecule has 1 atom stereocenters. The quantitative estimate of drug-likeness (QED) is 0.429. The molecule has 0 amide bonds. The maximum absolute atomic E-state index is 12.2. The largest absolute Gasteiger partial charge is 0.452 e. The van der Waals surface area contributed by atoms with Crippen LogP contribution in [0.4, 0.5) is 0 Å². The first-order valence-electron chi connectivity index (χ1n) is 7.74. The third-order valence-electron chi connectivity index (χ3n) is 3.44. The van der Waals surface area contributed by atoms with E-state index in [1.54, 1.807) is 18.3 Å². The van der Waals surface area contributed by atoms with Crippen LogP contribution in [0.15, 0.2) is 44.8 Å². The van der Waals surface area contributed by atoms with Gasteiger partial charge in [0.1, 0.15) is 5.01 Å². The van der Waals surface area contributed by atoms with Gasteiger partial charge in [0.05, 0.1) is 21.9 Å². The average Bonchev–Trinajstić information content (AvgIpc) is 3.40. The molecule has 0 fully saturated rings. The van der Waals surface area contributed by atoms with Crippen LogP contribution in [0.1, 0.15) is 24.6 Å². The van der Waals surface area contributed by atoms with Crippen molar-refractivity contribution in [2.45, 2.75) is 19.4 Å². The molecule has 0 saturated heterocycles. The lowest BCUT2D eigenvalue weighted by molar-refractivity contribution is -0.148. The summed E-state index contributed by atoms with van der Waals surface area (Å²) >= 11 is 4.65. The average molecular weight is 404 g/mol. The van der Waals surface area contributed by atoms with Crippen LogP contribution >= 0.6 is 34.0 Å². The number of esters is 1. The van der Waals surface area contributed by atoms with Crippen LogP contribution in [0.25, 0.3) is 20.7 Å². The fraction of sp³-hybridized carbons (Fsp3) is 0.176. The summed E-state index contributed by atoms with van der Waals surface area (Å²) in [6, 6.07) is 7.79. The topological polar surface area (TPSA) is 78.1 Å². The Morgan fingerprint density at radius 1 is 1.15 bits per heavy atom. The number of rotatable bonds is 6. The molecular formula is C17H13N3O3S3. The van der Waals surface area contributed by atoms with Crippen molar-refractivity contribution in [1.82, 2.24) is 15.2 Å². The van der Waals surface area contributed by atoms with Gasteiger partial charge in [-0.15, -0.1) is 44.2 Å². The summed E-state index contributed by atoms with van der Waals surface area (Å²) < 4.78 is 11.0. The Bertz CT molecular complexity index is 990. The summed E-state index contributed by atoms with van der Waals surface area (Å²) in [4.78, 5) is 18.6. The number of thiazole rings is 1. The summed E-state index contributed by atoms with van der Waals surface area (Å²) in [6.07, 6.45) is -0.503. The first-order chi connectivity index (χ1) is 12.7. The van der Waals surface area contributed by atoms with E-state index in [9.17, 15) is 4.79 Å². The van der Waals surface area contributed by atoms with Crippen LogP contribution in [0.2, 0.25) is 0 Å². The van der Waals surface area contributed by atoms with E-state index in [1.807, 2.05) is 40.4 Å². The number of carbonyl (C=O) groups excluding carboxylic acids is 1. The number of carbonyl (C=O) groups is 1. The highest BCUT2D eigenvalue weighted by Crippen LogP contribution is 2.29. The molecule has 0 bridgehead atoms. The fourth-order valence-corrected chi connectivity index (χ4v) is 4.52. The standard InChI is InChI=1S/C17H13N3O3S3/c1-10(15-19-20-16(23-15)12-4-2-6-24-12)22-14(21)8-11-9-26-17(18-11)13-5-3-7-25-13/h2-7,9-10H,8H2,1H3. The summed E-state index contributed by atoms with van der Waals surface area (Å²) in [7, 11) is 0. The molecule has 0 N–H and O–H groups in total. The molecule has 0 aromatic carbocycles. The smallest absolute Gasteiger partial charge is 0.312 e. The maximum atomic E-state index is 12.2. The minimum Gasteiger partial charge on any atom is -0.452 e. The molecule has 4 heterocycles. The zero-order valence-electron chi connectivity index (χ0n) is 13.6. The van der Waals surface area contributed by atoms with E-state index >= 15 is 0 Å². The predicted octanol–water partition coefficient (Wildman–Crippen LogP) is 4.83. The Hall–Kier alpha value is -2.36. The Balaban J connectivity index is 1.37. The highest BCUT2D eigenvalue weighted by atomic mass is 32.1. The van der Waals surface area contributed by atoms with Crippen molar-refractivity contribution in [1.29, 1.82) is 0 Å². The molecule has 0 aliphatic heterocycles. The van der Waals surface area contributed by atoms with Gasteiger partial charge < -0.3 is 9.15 Å². The van der Waals surface area contributed by atoms with Crippen LogP contribution in [0.3, 0.4) is 0 Å². The van der Waals surface area contributed by atoms with E-state index in [4.69, 9.17) is 9.15 Å². The summed E-state index contributed by atoms with van der Waals surface area (Å²) in [5, 5.41) is 14.7. The van der Waals surface area contributed by atoms with Gasteiger partial charge in [0, 0.05) is 5.38 Å². The second kappa shape index (κ2) is 7.48. The molecule has 6 nitrogen and oxygen atoms in total. The zero-order chi connectivity index (χ0) is 17.9. The SMILES string of the molecule is CC(OC(=O)Cc1csc(-c2cccs2)n1)c1nnc(-c2cccs2)o1. The van der Waals surface area contributed by atoms with Crippen LogP contribution in [-0.4, -0.2) is 21.2 Å². The van der Waals surface area contributed by atoms with E-state index < -0.39 is 6.10 Å². The molecule has 0 saturated carbocycles. The second-order valence-electron chi connectivity index (χ2n) is 5.35. The van der Waals surface area contributed by atoms with Crippen molar-refractivity contribution in [3.63, 3.8) is 0 Å². The van der Waals surface area contributed by atoms with Gasteiger partial charge in [-0.05, 0) is 29.8 Å². The Morgan fingerprint density at radius 2 is 1.92 bits per heavy atom. The molecule has 26 heavy (non-hydrogen) atoms. The van der Waals surface area contributed by atoms with Gasteiger partial charge in [-0.1, -0.05) is 12.1 Å². The lowest BCUT2D eigenvalue weighted by Gasteiger charge is -2.08. The Labute approximate surface area is 161 Å². The van der Waals surface area contributed by atoms with Crippen molar-refractivity contribution in [2.75, 3.05) is 0 Å². The number of thiophene rings is 2. The Morgan fingerprint density at radius 3 is 2.65 bits per heavy atom. The molecule has 1 unspecified atom stereocenters. The molecule has 4 aromatic heterocycles. The molecule has 4 rings (SSSR count). The van der Waals surface area contributed by atoms with Gasteiger partial charge in [-0.3, -0.25) is 4.79 Å². The van der Waals surface area contributed by atoms with Crippen LogP contribution in [-0.2, 0) is 16.0 Å². The van der Waals surface area contributed by atoms with Crippen molar-refractivity contribution in [3.05, 3.63) is 52.0 Å². The van der Waals surface area contributed by atoms with E-state index in [2.05, 4.69) is 15.2 Å². The molecular weight excluding hydrogens is 390 g/mol. The lowest BCUT2D eigenvalue weighted by Crippen LogP contribution is -2.12. The van der Waals surface area contributed by atoms with Crippen molar-refractivity contribution < 1.29 is 13.9 Å². The first kappa shape index (κ1) is 17.1. The molecule has 0 aliphatic rings. The summed E-state index contributed by atoms with van der Waals surface area (Å²) in [6.45, 7) is 1.71. The maximum Gasteiger partial charge on any atom is 0.312 e. The summed E-state index contributed by atoms with van der Waals surface area (Å²) in [5.41, 5.74) is 0.695. The normalized spacial score (nSPS) is 12.2. The molecule has 4 aromatic rings. The third-order valence-corrected chi connectivity index (χ3v) is 6.23. The molecule has 9 heteroatoms. The van der Waals surface area contributed by atoms with Gasteiger partial charge in [0.2, 0.25) is 0 Å². The minimum absolute atomic E-state index is 0.109. The minimum atomic E-state index is -0.612. The molecule has 0 aliphatic carbocycles. The fourth-order valence-electron chi connectivity index (χ4n) is 2.24. The molecule has 132 valence electrons. The van der Waals surface area contributed by atoms with Crippen molar-refractivity contribution in [3.8, 4) is 20.7 Å². The highest BCUT2D eigenvalue weighted by molar-refractivity contribution is 7.20. The number of hydrogen-bond acceptors (Lipinski definition) is 9. The number of aromatic nitrogens is 3. The third kappa shape index (κ3) is 3.74. The second-order valence-corrected chi connectivity index (χ2v) is 8.11. The van der Waals surface area contributed by atoms with E-state index in [0.29, 0.717) is 11.6 Å². The van der Waals surface area contributed by atoms with Gasteiger partial charge in [-0.2, -0.15) is 0 Å². The number of nitrogens with zero attached hydrogens (tertiary/aromatic N) is 3.